The van der Waals surface area contributed by atoms with E-state index in [1.807, 2.05) is 78.9 Å². The van der Waals surface area contributed by atoms with Crippen LogP contribution in [0.5, 0.6) is 0 Å². The SMILES string of the molecule is O=C(CNC(=O)OCc1ccccc1)NCC(=O)NC(Cc1ccccc1)C(=O)OCc1ccccc1. The molecule has 3 rings (SSSR count). The molecule has 0 saturated carbocycles. The summed E-state index contributed by atoms with van der Waals surface area (Å²) in [5.41, 5.74) is 2.47. The van der Waals surface area contributed by atoms with E-state index >= 15 is 0 Å². The fourth-order valence-corrected chi connectivity index (χ4v) is 3.29. The summed E-state index contributed by atoms with van der Waals surface area (Å²) in [6.07, 6.45) is -0.532. The van der Waals surface area contributed by atoms with Crippen LogP contribution in [-0.4, -0.2) is 43.0 Å². The molecule has 3 aromatic rings. The Balaban J connectivity index is 1.43. The van der Waals surface area contributed by atoms with Gasteiger partial charge in [0, 0.05) is 6.42 Å². The van der Waals surface area contributed by atoms with E-state index in [1.54, 1.807) is 12.1 Å². The highest BCUT2D eigenvalue weighted by atomic mass is 16.5. The second kappa shape index (κ2) is 14.7. The largest absolute Gasteiger partial charge is 0.459 e. The molecule has 0 aliphatic carbocycles. The standard InChI is InChI=1S/C28H29N3O6/c32-25(17-30-28(35)37-20-23-14-8-3-9-15-23)29-18-26(33)31-24(16-21-10-4-1-5-11-21)27(34)36-19-22-12-6-2-7-13-22/h1-15,24H,16-20H2,(H,29,32)(H,30,35)(H,31,33). The molecule has 3 N–H and O–H groups in total. The van der Waals surface area contributed by atoms with Gasteiger partial charge in [0.2, 0.25) is 11.8 Å². The van der Waals surface area contributed by atoms with E-state index in [0.29, 0.717) is 0 Å². The summed E-state index contributed by atoms with van der Waals surface area (Å²) < 4.78 is 10.4. The summed E-state index contributed by atoms with van der Waals surface area (Å²) in [6.45, 7) is -0.603. The number of hydrogen-bond donors (Lipinski definition) is 3. The van der Waals surface area contributed by atoms with Crippen molar-refractivity contribution in [3.05, 3.63) is 108 Å². The number of ether oxygens (including phenoxy) is 2. The fraction of sp³-hybridized carbons (Fsp3) is 0.214. The Kier molecular flexibility index (Phi) is 10.7. The Morgan fingerprint density at radius 1 is 0.595 bits per heavy atom. The maximum atomic E-state index is 12.8. The molecule has 0 radical (unpaired) electrons. The molecule has 37 heavy (non-hydrogen) atoms. The Morgan fingerprint density at radius 3 is 1.65 bits per heavy atom. The normalized spacial score (nSPS) is 11.0. The molecular formula is C28H29N3O6. The van der Waals surface area contributed by atoms with Crippen LogP contribution in [0.2, 0.25) is 0 Å². The lowest BCUT2D eigenvalue weighted by atomic mass is 10.1. The first-order chi connectivity index (χ1) is 18.0. The maximum Gasteiger partial charge on any atom is 0.407 e. The first-order valence-corrected chi connectivity index (χ1v) is 11.7. The zero-order chi connectivity index (χ0) is 26.3. The lowest BCUT2D eigenvalue weighted by Gasteiger charge is -2.18. The first kappa shape index (κ1) is 26.9. The Labute approximate surface area is 215 Å². The zero-order valence-corrected chi connectivity index (χ0v) is 20.2. The van der Waals surface area contributed by atoms with Crippen LogP contribution in [0.25, 0.3) is 0 Å². The second-order valence-electron chi connectivity index (χ2n) is 8.10. The highest BCUT2D eigenvalue weighted by Gasteiger charge is 2.23. The van der Waals surface area contributed by atoms with Crippen molar-refractivity contribution < 1.29 is 28.7 Å². The van der Waals surface area contributed by atoms with Crippen molar-refractivity contribution >= 4 is 23.9 Å². The van der Waals surface area contributed by atoms with E-state index in [-0.39, 0.29) is 32.7 Å². The van der Waals surface area contributed by atoms with Crippen LogP contribution < -0.4 is 16.0 Å². The molecule has 0 aliphatic heterocycles. The molecule has 0 spiro atoms. The minimum absolute atomic E-state index is 0.0693. The Bertz CT molecular complexity index is 1160. The van der Waals surface area contributed by atoms with Crippen molar-refractivity contribution in [2.75, 3.05) is 13.1 Å². The molecule has 192 valence electrons. The van der Waals surface area contributed by atoms with Crippen LogP contribution in [0.15, 0.2) is 91.0 Å². The number of carbonyl (C=O) groups is 4. The van der Waals surface area contributed by atoms with Gasteiger partial charge in [-0.15, -0.1) is 0 Å². The van der Waals surface area contributed by atoms with Crippen LogP contribution in [0.1, 0.15) is 16.7 Å². The Morgan fingerprint density at radius 2 is 1.08 bits per heavy atom. The van der Waals surface area contributed by atoms with Crippen LogP contribution in [0.4, 0.5) is 4.79 Å². The molecule has 9 heteroatoms. The third-order valence-electron chi connectivity index (χ3n) is 5.18. The van der Waals surface area contributed by atoms with Gasteiger partial charge in [0.15, 0.2) is 0 Å². The minimum atomic E-state index is -0.943. The maximum absolute atomic E-state index is 12.8. The van der Waals surface area contributed by atoms with Gasteiger partial charge in [-0.2, -0.15) is 0 Å². The average molecular weight is 504 g/mol. The number of esters is 1. The van der Waals surface area contributed by atoms with Crippen LogP contribution in [0, 0.1) is 0 Å². The summed E-state index contributed by atoms with van der Waals surface area (Å²) in [5, 5.41) is 7.35. The van der Waals surface area contributed by atoms with E-state index < -0.39 is 29.9 Å². The summed E-state index contributed by atoms with van der Waals surface area (Å²) in [4.78, 5) is 49.0. The summed E-state index contributed by atoms with van der Waals surface area (Å²) in [7, 11) is 0. The Hall–Kier alpha value is -4.66. The third kappa shape index (κ3) is 10.2. The van der Waals surface area contributed by atoms with Gasteiger partial charge in [0.25, 0.3) is 0 Å². The van der Waals surface area contributed by atoms with Crippen LogP contribution >= 0.6 is 0 Å². The summed E-state index contributed by atoms with van der Waals surface area (Å²) in [6, 6.07) is 26.6. The molecule has 0 bridgehead atoms. The predicted molar refractivity (Wildman–Crippen MR) is 136 cm³/mol. The molecule has 0 aliphatic rings. The molecule has 0 heterocycles. The van der Waals surface area contributed by atoms with E-state index in [9.17, 15) is 19.2 Å². The molecule has 1 unspecified atom stereocenters. The monoisotopic (exact) mass is 503 g/mol. The highest BCUT2D eigenvalue weighted by molar-refractivity contribution is 5.89. The van der Waals surface area contributed by atoms with Gasteiger partial charge in [-0.05, 0) is 16.7 Å². The first-order valence-electron chi connectivity index (χ1n) is 11.7. The van der Waals surface area contributed by atoms with Gasteiger partial charge in [0.1, 0.15) is 25.8 Å². The van der Waals surface area contributed by atoms with Gasteiger partial charge in [-0.25, -0.2) is 9.59 Å². The van der Waals surface area contributed by atoms with Crippen LogP contribution in [0.3, 0.4) is 0 Å². The highest BCUT2D eigenvalue weighted by Crippen LogP contribution is 2.07. The number of hydrogen-bond acceptors (Lipinski definition) is 6. The van der Waals surface area contributed by atoms with Gasteiger partial charge in [0.05, 0.1) is 6.54 Å². The van der Waals surface area contributed by atoms with E-state index in [0.717, 1.165) is 16.7 Å². The topological polar surface area (TPSA) is 123 Å². The lowest BCUT2D eigenvalue weighted by molar-refractivity contribution is -0.149. The van der Waals surface area contributed by atoms with Crippen molar-refractivity contribution in [3.8, 4) is 0 Å². The fourth-order valence-electron chi connectivity index (χ4n) is 3.29. The van der Waals surface area contributed by atoms with E-state index in [4.69, 9.17) is 9.47 Å². The van der Waals surface area contributed by atoms with Crippen molar-refractivity contribution in [2.24, 2.45) is 0 Å². The molecule has 0 fully saturated rings. The second-order valence-corrected chi connectivity index (χ2v) is 8.10. The predicted octanol–water partition coefficient (Wildman–Crippen LogP) is 2.50. The average Bonchev–Trinajstić information content (AvgIpc) is 2.94. The molecule has 1 atom stereocenters. The smallest absolute Gasteiger partial charge is 0.407 e. The number of benzene rings is 3. The molecular weight excluding hydrogens is 474 g/mol. The molecule has 3 amide bonds. The number of alkyl carbamates (subject to hydrolysis) is 1. The van der Waals surface area contributed by atoms with Gasteiger partial charge in [-0.1, -0.05) is 91.0 Å². The minimum Gasteiger partial charge on any atom is -0.459 e. The van der Waals surface area contributed by atoms with E-state index in [2.05, 4.69) is 16.0 Å². The van der Waals surface area contributed by atoms with Gasteiger partial charge >= 0.3 is 12.1 Å². The van der Waals surface area contributed by atoms with Crippen LogP contribution in [-0.2, 0) is 43.5 Å². The van der Waals surface area contributed by atoms with Gasteiger partial charge in [-0.3, -0.25) is 9.59 Å². The van der Waals surface area contributed by atoms with E-state index in [1.165, 1.54) is 0 Å². The van der Waals surface area contributed by atoms with Crippen molar-refractivity contribution in [3.63, 3.8) is 0 Å². The summed E-state index contributed by atoms with van der Waals surface area (Å²) in [5.74, 6) is -1.74. The number of amides is 3. The number of nitrogens with one attached hydrogen (secondary N) is 3. The molecule has 0 saturated heterocycles. The number of rotatable bonds is 12. The molecule has 9 nitrogen and oxygen atoms in total. The van der Waals surface area contributed by atoms with Crippen molar-refractivity contribution in [1.29, 1.82) is 0 Å². The molecule has 0 aromatic heterocycles. The van der Waals surface area contributed by atoms with Crippen molar-refractivity contribution in [2.45, 2.75) is 25.7 Å². The number of carbonyl (C=O) groups excluding carboxylic acids is 4. The molecule has 3 aromatic carbocycles. The third-order valence-corrected chi connectivity index (χ3v) is 5.18. The van der Waals surface area contributed by atoms with Crippen molar-refractivity contribution in [1.82, 2.24) is 16.0 Å². The lowest BCUT2D eigenvalue weighted by Crippen LogP contribution is -2.48. The van der Waals surface area contributed by atoms with Gasteiger partial charge < -0.3 is 25.4 Å². The zero-order valence-electron chi connectivity index (χ0n) is 20.2. The summed E-state index contributed by atoms with van der Waals surface area (Å²) >= 11 is 0. The quantitative estimate of drug-likeness (QED) is 0.327.